The van der Waals surface area contributed by atoms with Crippen molar-refractivity contribution >= 4 is 5.91 Å². The van der Waals surface area contributed by atoms with Crippen LogP contribution in [0.4, 0.5) is 0 Å². The lowest BCUT2D eigenvalue weighted by Gasteiger charge is -2.20. The number of nitrogens with zero attached hydrogens (tertiary/aromatic N) is 1. The van der Waals surface area contributed by atoms with Crippen LogP contribution in [0.1, 0.15) is 38.5 Å². The van der Waals surface area contributed by atoms with Crippen LogP contribution in [0.25, 0.3) is 0 Å². The van der Waals surface area contributed by atoms with Gasteiger partial charge in [0.25, 0.3) is 0 Å². The molecule has 72 valence electrons. The molecular formula is C10H16N2O. The van der Waals surface area contributed by atoms with Gasteiger partial charge in [0.1, 0.15) is 0 Å². The van der Waals surface area contributed by atoms with Crippen molar-refractivity contribution in [3.8, 4) is 6.07 Å². The number of hydrogen-bond acceptors (Lipinski definition) is 2. The Morgan fingerprint density at radius 1 is 1.38 bits per heavy atom. The van der Waals surface area contributed by atoms with E-state index in [4.69, 9.17) is 5.26 Å². The number of rotatable bonds is 3. The minimum Gasteiger partial charge on any atom is -0.344 e. The lowest BCUT2D eigenvalue weighted by Crippen LogP contribution is -2.24. The molecule has 3 nitrogen and oxygen atoms in total. The van der Waals surface area contributed by atoms with Crippen LogP contribution in [0.15, 0.2) is 0 Å². The molecule has 0 heterocycles. The fourth-order valence-electron chi connectivity index (χ4n) is 1.91. The molecule has 0 bridgehead atoms. The highest BCUT2D eigenvalue weighted by atomic mass is 16.1. The Morgan fingerprint density at radius 3 is 2.69 bits per heavy atom. The van der Waals surface area contributed by atoms with E-state index in [1.807, 2.05) is 0 Å². The number of amides is 1. The maximum Gasteiger partial charge on any atom is 0.322 e. The van der Waals surface area contributed by atoms with Crippen LogP contribution in [-0.4, -0.2) is 12.5 Å². The number of hydrogen-bond donors (Lipinski definition) is 1. The summed E-state index contributed by atoms with van der Waals surface area (Å²) < 4.78 is 0. The second-order valence-corrected chi connectivity index (χ2v) is 3.66. The first kappa shape index (κ1) is 10.0. The van der Waals surface area contributed by atoms with E-state index in [9.17, 15) is 4.79 Å². The van der Waals surface area contributed by atoms with Gasteiger partial charge in [0.2, 0.25) is 0 Å². The van der Waals surface area contributed by atoms with Gasteiger partial charge in [-0.25, -0.2) is 0 Å². The molecule has 0 unspecified atom stereocenters. The predicted molar refractivity (Wildman–Crippen MR) is 49.8 cm³/mol. The summed E-state index contributed by atoms with van der Waals surface area (Å²) in [6, 6.07) is 1.55. The summed E-state index contributed by atoms with van der Waals surface area (Å²) in [6.07, 6.45) is 7.65. The molecule has 0 aromatic carbocycles. The van der Waals surface area contributed by atoms with Crippen LogP contribution in [-0.2, 0) is 4.79 Å². The highest BCUT2D eigenvalue weighted by Gasteiger charge is 2.12. The molecule has 1 rings (SSSR count). The highest BCUT2D eigenvalue weighted by molar-refractivity contribution is 5.91. The molecule has 0 aliphatic heterocycles. The molecule has 3 heteroatoms. The quantitative estimate of drug-likeness (QED) is 0.671. The first-order valence-electron chi connectivity index (χ1n) is 5.01. The van der Waals surface area contributed by atoms with Crippen molar-refractivity contribution in [3.05, 3.63) is 0 Å². The standard InChI is InChI=1S/C10H16N2O/c11-8-10(13)12-7-6-9-4-2-1-3-5-9/h9H,1-7H2,(H,12,13). The summed E-state index contributed by atoms with van der Waals surface area (Å²) >= 11 is 0. The van der Waals surface area contributed by atoms with Crippen molar-refractivity contribution in [2.24, 2.45) is 5.92 Å². The van der Waals surface area contributed by atoms with Crippen molar-refractivity contribution < 1.29 is 4.79 Å². The number of carbonyl (C=O) groups is 1. The fraction of sp³-hybridized carbons (Fsp3) is 0.800. The fourth-order valence-corrected chi connectivity index (χ4v) is 1.91. The molecule has 1 N–H and O–H groups in total. The van der Waals surface area contributed by atoms with E-state index >= 15 is 0 Å². The third-order valence-corrected chi connectivity index (χ3v) is 2.66. The van der Waals surface area contributed by atoms with Gasteiger partial charge in [-0.2, -0.15) is 5.26 Å². The van der Waals surface area contributed by atoms with E-state index in [-0.39, 0.29) is 0 Å². The van der Waals surface area contributed by atoms with Gasteiger partial charge in [0.15, 0.2) is 6.07 Å². The van der Waals surface area contributed by atoms with E-state index in [0.717, 1.165) is 12.3 Å². The van der Waals surface area contributed by atoms with Gasteiger partial charge in [0, 0.05) is 6.54 Å². The highest BCUT2D eigenvalue weighted by Crippen LogP contribution is 2.25. The summed E-state index contributed by atoms with van der Waals surface area (Å²) in [7, 11) is 0. The Bertz CT molecular complexity index is 201. The molecule has 0 spiro atoms. The Balaban J connectivity index is 2.05. The Morgan fingerprint density at radius 2 is 2.08 bits per heavy atom. The van der Waals surface area contributed by atoms with Crippen molar-refractivity contribution in [2.45, 2.75) is 38.5 Å². The molecule has 0 aromatic heterocycles. The zero-order valence-electron chi connectivity index (χ0n) is 7.88. The summed E-state index contributed by atoms with van der Waals surface area (Å²) in [6.45, 7) is 0.664. The summed E-state index contributed by atoms with van der Waals surface area (Å²) in [5.41, 5.74) is 0. The molecule has 1 fully saturated rings. The van der Waals surface area contributed by atoms with Gasteiger partial charge in [-0.15, -0.1) is 0 Å². The van der Waals surface area contributed by atoms with Crippen molar-refractivity contribution in [1.29, 1.82) is 5.26 Å². The number of carbonyl (C=O) groups excluding carboxylic acids is 1. The van der Waals surface area contributed by atoms with E-state index in [0.29, 0.717) is 6.54 Å². The lowest BCUT2D eigenvalue weighted by atomic mass is 9.87. The number of nitrogens with one attached hydrogen (secondary N) is 1. The van der Waals surface area contributed by atoms with Crippen LogP contribution in [0.3, 0.4) is 0 Å². The minimum atomic E-state index is -0.504. The van der Waals surface area contributed by atoms with Gasteiger partial charge >= 0.3 is 5.91 Å². The maximum absolute atomic E-state index is 10.6. The molecule has 0 atom stereocenters. The average molecular weight is 180 g/mol. The zero-order valence-corrected chi connectivity index (χ0v) is 7.88. The van der Waals surface area contributed by atoms with Crippen molar-refractivity contribution in [3.63, 3.8) is 0 Å². The van der Waals surface area contributed by atoms with E-state index in [1.165, 1.54) is 32.1 Å². The summed E-state index contributed by atoms with van der Waals surface area (Å²) in [5.74, 6) is 0.267. The van der Waals surface area contributed by atoms with Gasteiger partial charge in [-0.05, 0) is 12.3 Å². The smallest absolute Gasteiger partial charge is 0.322 e. The van der Waals surface area contributed by atoms with Crippen LogP contribution in [0, 0.1) is 17.2 Å². The van der Waals surface area contributed by atoms with Crippen molar-refractivity contribution in [2.75, 3.05) is 6.54 Å². The Labute approximate surface area is 79.1 Å². The third-order valence-electron chi connectivity index (χ3n) is 2.66. The Hall–Kier alpha value is -1.04. The van der Waals surface area contributed by atoms with E-state index in [1.54, 1.807) is 6.07 Å². The molecule has 0 radical (unpaired) electrons. The molecule has 1 saturated carbocycles. The largest absolute Gasteiger partial charge is 0.344 e. The normalized spacial score (nSPS) is 17.8. The van der Waals surface area contributed by atoms with Crippen LogP contribution < -0.4 is 5.32 Å². The maximum atomic E-state index is 10.6. The summed E-state index contributed by atoms with van der Waals surface area (Å²) in [4.78, 5) is 10.6. The van der Waals surface area contributed by atoms with Crippen LogP contribution >= 0.6 is 0 Å². The van der Waals surface area contributed by atoms with Gasteiger partial charge in [0.05, 0.1) is 0 Å². The molecule has 0 aromatic rings. The molecule has 13 heavy (non-hydrogen) atoms. The molecular weight excluding hydrogens is 164 g/mol. The predicted octanol–water partition coefficient (Wildman–Crippen LogP) is 1.60. The first-order chi connectivity index (χ1) is 6.33. The van der Waals surface area contributed by atoms with E-state index < -0.39 is 5.91 Å². The topological polar surface area (TPSA) is 52.9 Å². The third kappa shape index (κ3) is 3.93. The average Bonchev–Trinajstić information content (AvgIpc) is 2.19. The Kier molecular flexibility index (Phi) is 4.31. The second-order valence-electron chi connectivity index (χ2n) is 3.66. The van der Waals surface area contributed by atoms with Gasteiger partial charge in [-0.1, -0.05) is 32.1 Å². The molecule has 1 amide bonds. The van der Waals surface area contributed by atoms with E-state index in [2.05, 4.69) is 5.32 Å². The van der Waals surface area contributed by atoms with Crippen LogP contribution in [0.5, 0.6) is 0 Å². The van der Waals surface area contributed by atoms with Gasteiger partial charge < -0.3 is 5.32 Å². The van der Waals surface area contributed by atoms with Crippen LogP contribution in [0.2, 0.25) is 0 Å². The zero-order chi connectivity index (χ0) is 9.52. The second kappa shape index (κ2) is 5.58. The number of nitriles is 1. The first-order valence-corrected chi connectivity index (χ1v) is 5.01. The molecule has 0 saturated heterocycles. The minimum absolute atomic E-state index is 0.504. The van der Waals surface area contributed by atoms with Crippen molar-refractivity contribution in [1.82, 2.24) is 5.32 Å². The van der Waals surface area contributed by atoms with Gasteiger partial charge in [-0.3, -0.25) is 4.79 Å². The summed E-state index contributed by atoms with van der Waals surface area (Å²) in [5, 5.41) is 10.8. The monoisotopic (exact) mass is 180 g/mol. The lowest BCUT2D eigenvalue weighted by molar-refractivity contribution is -0.115. The molecule has 1 aliphatic rings. The SMILES string of the molecule is N#CC(=O)NCCC1CCCCC1. The molecule has 1 aliphatic carbocycles.